The molecule has 5 heteroatoms. The lowest BCUT2D eigenvalue weighted by Gasteiger charge is -2.19. The number of thiophene rings is 1. The van der Waals surface area contributed by atoms with Crippen LogP contribution in [0.25, 0.3) is 0 Å². The van der Waals surface area contributed by atoms with E-state index in [2.05, 4.69) is 66.5 Å². The van der Waals surface area contributed by atoms with Crippen molar-refractivity contribution in [1.29, 1.82) is 0 Å². The van der Waals surface area contributed by atoms with Gasteiger partial charge in [0.15, 0.2) is 0 Å². The zero-order valence-corrected chi connectivity index (χ0v) is 14.1. The molecule has 3 rings (SSSR count). The first-order chi connectivity index (χ1) is 10.2. The summed E-state index contributed by atoms with van der Waals surface area (Å²) in [6, 6.07) is 12.7. The summed E-state index contributed by atoms with van der Waals surface area (Å²) in [6.45, 7) is 0.814. The van der Waals surface area contributed by atoms with E-state index in [9.17, 15) is 0 Å². The summed E-state index contributed by atoms with van der Waals surface area (Å²) in [5, 5.41) is 5.78. The van der Waals surface area contributed by atoms with E-state index in [4.69, 9.17) is 0 Å². The summed E-state index contributed by atoms with van der Waals surface area (Å²) in [5.41, 5.74) is 2.50. The van der Waals surface area contributed by atoms with Crippen molar-refractivity contribution < 1.29 is 0 Å². The molecule has 1 N–H and O–H groups in total. The van der Waals surface area contributed by atoms with E-state index in [1.165, 1.54) is 11.1 Å². The van der Waals surface area contributed by atoms with Crippen LogP contribution in [0, 0.1) is 0 Å². The van der Waals surface area contributed by atoms with Gasteiger partial charge in [0.05, 0.1) is 9.83 Å². The number of rotatable bonds is 5. The van der Waals surface area contributed by atoms with Gasteiger partial charge in [-0.25, -0.2) is 4.98 Å². The van der Waals surface area contributed by atoms with E-state index >= 15 is 0 Å². The Labute approximate surface area is 136 Å². The Balaban J connectivity index is 1.84. The lowest BCUT2D eigenvalue weighted by Crippen LogP contribution is -2.24. The maximum absolute atomic E-state index is 4.50. The number of hydrogen-bond donors (Lipinski definition) is 1. The third-order valence-corrected chi connectivity index (χ3v) is 4.93. The van der Waals surface area contributed by atoms with Crippen molar-refractivity contribution >= 4 is 27.3 Å². The first kappa shape index (κ1) is 14.5. The molecule has 0 spiro atoms. The van der Waals surface area contributed by atoms with Crippen LogP contribution in [0.4, 0.5) is 0 Å². The second-order valence-electron chi connectivity index (χ2n) is 4.88. The number of hydrogen-bond acceptors (Lipinski definition) is 3. The Kier molecular flexibility index (Phi) is 4.53. The number of halogens is 1. The van der Waals surface area contributed by atoms with Crippen LogP contribution in [0.1, 0.15) is 23.0 Å². The molecule has 1 atom stereocenters. The lowest BCUT2D eigenvalue weighted by molar-refractivity contribution is 0.559. The second kappa shape index (κ2) is 6.56. The van der Waals surface area contributed by atoms with Crippen LogP contribution in [0.2, 0.25) is 0 Å². The van der Waals surface area contributed by atoms with Gasteiger partial charge in [-0.15, -0.1) is 11.3 Å². The molecule has 0 saturated heterocycles. The normalized spacial score (nSPS) is 12.5. The molecule has 0 aliphatic heterocycles. The Morgan fingerprint density at radius 2 is 2.14 bits per heavy atom. The lowest BCUT2D eigenvalue weighted by atomic mass is 10.1. The van der Waals surface area contributed by atoms with E-state index < -0.39 is 0 Å². The van der Waals surface area contributed by atoms with Gasteiger partial charge in [-0.2, -0.15) is 0 Å². The predicted molar refractivity (Wildman–Crippen MR) is 90.4 cm³/mol. The van der Waals surface area contributed by atoms with Gasteiger partial charge in [-0.3, -0.25) is 5.32 Å². The molecule has 1 unspecified atom stereocenters. The molecule has 2 aromatic heterocycles. The molecule has 2 heterocycles. The Hall–Kier alpha value is -1.43. The fourth-order valence-electron chi connectivity index (χ4n) is 2.32. The summed E-state index contributed by atoms with van der Waals surface area (Å²) in [4.78, 5) is 4.50. The highest BCUT2D eigenvalue weighted by atomic mass is 79.9. The number of nitrogens with zero attached hydrogens (tertiary/aromatic N) is 2. The minimum absolute atomic E-state index is 0.0878. The van der Waals surface area contributed by atoms with Crippen LogP contribution in [0.3, 0.4) is 0 Å². The van der Waals surface area contributed by atoms with Crippen LogP contribution >= 0.6 is 27.3 Å². The smallest absolute Gasteiger partial charge is 0.130 e. The highest BCUT2D eigenvalue weighted by molar-refractivity contribution is 9.11. The quantitative estimate of drug-likeness (QED) is 0.740. The Morgan fingerprint density at radius 1 is 1.33 bits per heavy atom. The standard InChI is InChI=1S/C16H16BrN3S/c1-20-8-7-18-16(20)15(13-5-3-2-4-6-13)19-10-12-9-14(17)21-11-12/h2-9,11,15,19H,10H2,1H3. The van der Waals surface area contributed by atoms with Gasteiger partial charge in [0, 0.05) is 26.0 Å². The van der Waals surface area contributed by atoms with Gasteiger partial charge in [-0.05, 0) is 38.5 Å². The van der Waals surface area contributed by atoms with Crippen LogP contribution in [0.15, 0.2) is 58.0 Å². The average molecular weight is 362 g/mol. The Morgan fingerprint density at radius 3 is 2.76 bits per heavy atom. The maximum Gasteiger partial charge on any atom is 0.130 e. The predicted octanol–water partition coefficient (Wildman–Crippen LogP) is 4.12. The van der Waals surface area contributed by atoms with Crippen molar-refractivity contribution in [2.75, 3.05) is 0 Å². The summed E-state index contributed by atoms with van der Waals surface area (Å²) in [5.74, 6) is 1.02. The third-order valence-electron chi connectivity index (χ3n) is 3.38. The molecule has 0 radical (unpaired) electrons. The first-order valence-corrected chi connectivity index (χ1v) is 8.40. The van der Waals surface area contributed by atoms with E-state index in [-0.39, 0.29) is 6.04 Å². The third kappa shape index (κ3) is 3.43. The molecular weight excluding hydrogens is 346 g/mol. The van der Waals surface area contributed by atoms with Crippen molar-refractivity contribution in [1.82, 2.24) is 14.9 Å². The summed E-state index contributed by atoms with van der Waals surface area (Å²) in [7, 11) is 2.03. The minimum Gasteiger partial charge on any atom is -0.336 e. The van der Waals surface area contributed by atoms with E-state index in [0.29, 0.717) is 0 Å². The molecular formula is C16H16BrN3S. The molecule has 3 aromatic rings. The second-order valence-corrected chi connectivity index (χ2v) is 7.17. The molecule has 21 heavy (non-hydrogen) atoms. The topological polar surface area (TPSA) is 29.9 Å². The molecule has 108 valence electrons. The zero-order valence-electron chi connectivity index (χ0n) is 11.7. The molecule has 0 amide bonds. The van der Waals surface area contributed by atoms with Gasteiger partial charge in [0.2, 0.25) is 0 Å². The molecule has 1 aromatic carbocycles. The van der Waals surface area contributed by atoms with E-state index in [1.54, 1.807) is 11.3 Å². The largest absolute Gasteiger partial charge is 0.336 e. The highest BCUT2D eigenvalue weighted by Gasteiger charge is 2.17. The number of aromatic nitrogens is 2. The van der Waals surface area contributed by atoms with Crippen LogP contribution in [-0.4, -0.2) is 9.55 Å². The van der Waals surface area contributed by atoms with Crippen LogP contribution in [-0.2, 0) is 13.6 Å². The van der Waals surface area contributed by atoms with Gasteiger partial charge in [-0.1, -0.05) is 30.3 Å². The molecule has 0 bridgehead atoms. The fraction of sp³-hybridized carbons (Fsp3) is 0.188. The number of nitrogens with one attached hydrogen (secondary N) is 1. The van der Waals surface area contributed by atoms with Crippen molar-refractivity contribution in [3.05, 3.63) is 74.9 Å². The minimum atomic E-state index is 0.0878. The first-order valence-electron chi connectivity index (χ1n) is 6.72. The zero-order chi connectivity index (χ0) is 14.7. The van der Waals surface area contributed by atoms with E-state index in [0.717, 1.165) is 16.2 Å². The molecule has 0 aliphatic rings. The van der Waals surface area contributed by atoms with Crippen molar-refractivity contribution in [2.24, 2.45) is 7.05 Å². The Bertz CT molecular complexity index is 705. The summed E-state index contributed by atoms with van der Waals surface area (Å²) >= 11 is 5.22. The SMILES string of the molecule is Cn1ccnc1C(NCc1csc(Br)c1)c1ccccc1. The number of aryl methyl sites for hydroxylation is 1. The fourth-order valence-corrected chi connectivity index (χ4v) is 3.53. The van der Waals surface area contributed by atoms with Crippen LogP contribution in [0.5, 0.6) is 0 Å². The van der Waals surface area contributed by atoms with Gasteiger partial charge >= 0.3 is 0 Å². The maximum atomic E-state index is 4.50. The highest BCUT2D eigenvalue weighted by Crippen LogP contribution is 2.23. The monoisotopic (exact) mass is 361 g/mol. The van der Waals surface area contributed by atoms with Crippen LogP contribution < -0.4 is 5.32 Å². The van der Waals surface area contributed by atoms with Crippen molar-refractivity contribution in [3.63, 3.8) is 0 Å². The van der Waals surface area contributed by atoms with Gasteiger partial charge < -0.3 is 4.57 Å². The number of benzene rings is 1. The van der Waals surface area contributed by atoms with Gasteiger partial charge in [0.1, 0.15) is 5.82 Å². The van der Waals surface area contributed by atoms with E-state index in [1.807, 2.05) is 25.5 Å². The molecule has 0 fully saturated rings. The van der Waals surface area contributed by atoms with Crippen molar-refractivity contribution in [3.8, 4) is 0 Å². The molecule has 3 nitrogen and oxygen atoms in total. The van der Waals surface area contributed by atoms with Crippen molar-refractivity contribution in [2.45, 2.75) is 12.6 Å². The van der Waals surface area contributed by atoms with Gasteiger partial charge in [0.25, 0.3) is 0 Å². The average Bonchev–Trinajstić information content (AvgIpc) is 3.10. The number of imidazole rings is 1. The summed E-state index contributed by atoms with van der Waals surface area (Å²) in [6.07, 6.45) is 3.82. The summed E-state index contributed by atoms with van der Waals surface area (Å²) < 4.78 is 3.22. The molecule has 0 aliphatic carbocycles. The molecule has 0 saturated carbocycles.